The van der Waals surface area contributed by atoms with Gasteiger partial charge in [-0.25, -0.2) is 4.98 Å². The molecular weight excluding hydrogens is 242 g/mol. The molecule has 6 nitrogen and oxygen atoms in total. The van der Waals surface area contributed by atoms with Gasteiger partial charge in [0.2, 0.25) is 5.91 Å². The standard InChI is InChI=1S/C13H23N5O/c1-18-9-16-12(17-18)6-7-15-13(19)11-4-2-10(8-14)3-5-11/h9-11H,2-8,14H2,1H3,(H,15,19). The lowest BCUT2D eigenvalue weighted by molar-refractivity contribution is -0.126. The summed E-state index contributed by atoms with van der Waals surface area (Å²) >= 11 is 0. The van der Waals surface area contributed by atoms with Crippen LogP contribution in [0.4, 0.5) is 0 Å². The van der Waals surface area contributed by atoms with Crippen LogP contribution in [0.2, 0.25) is 0 Å². The molecule has 0 saturated heterocycles. The third kappa shape index (κ3) is 4.02. The fourth-order valence-electron chi connectivity index (χ4n) is 2.60. The number of aryl methyl sites for hydroxylation is 1. The Labute approximate surface area is 113 Å². The van der Waals surface area contributed by atoms with Gasteiger partial charge in [-0.05, 0) is 38.1 Å². The molecule has 0 unspecified atom stereocenters. The molecule has 0 aliphatic heterocycles. The fraction of sp³-hybridized carbons (Fsp3) is 0.769. The lowest BCUT2D eigenvalue weighted by atomic mass is 9.81. The van der Waals surface area contributed by atoms with Gasteiger partial charge >= 0.3 is 0 Å². The maximum Gasteiger partial charge on any atom is 0.223 e. The first-order valence-electron chi connectivity index (χ1n) is 7.01. The van der Waals surface area contributed by atoms with Crippen LogP contribution >= 0.6 is 0 Å². The quantitative estimate of drug-likeness (QED) is 0.798. The molecule has 1 aliphatic rings. The van der Waals surface area contributed by atoms with Gasteiger partial charge < -0.3 is 11.1 Å². The van der Waals surface area contributed by atoms with E-state index in [0.717, 1.165) is 38.1 Å². The minimum atomic E-state index is 0.166. The SMILES string of the molecule is Cn1cnc(CCNC(=O)C2CCC(CN)CC2)n1. The van der Waals surface area contributed by atoms with Gasteiger partial charge in [0.25, 0.3) is 0 Å². The molecule has 1 heterocycles. The number of amides is 1. The summed E-state index contributed by atoms with van der Waals surface area (Å²) in [5.41, 5.74) is 5.65. The predicted octanol–water partition coefficient (Wildman–Crippen LogP) is 0.239. The average molecular weight is 265 g/mol. The van der Waals surface area contributed by atoms with Gasteiger partial charge in [-0.3, -0.25) is 9.48 Å². The highest BCUT2D eigenvalue weighted by Gasteiger charge is 2.25. The van der Waals surface area contributed by atoms with Gasteiger partial charge in [0, 0.05) is 25.9 Å². The average Bonchev–Trinajstić information content (AvgIpc) is 2.84. The summed E-state index contributed by atoms with van der Waals surface area (Å²) in [6, 6.07) is 0. The van der Waals surface area contributed by atoms with Crippen LogP contribution in [0.3, 0.4) is 0 Å². The summed E-state index contributed by atoms with van der Waals surface area (Å²) in [6.07, 6.45) is 6.45. The molecular formula is C13H23N5O. The highest BCUT2D eigenvalue weighted by atomic mass is 16.1. The molecule has 19 heavy (non-hydrogen) atoms. The Morgan fingerprint density at radius 2 is 2.21 bits per heavy atom. The molecule has 6 heteroatoms. The number of carbonyl (C=O) groups excluding carboxylic acids is 1. The van der Waals surface area contributed by atoms with Crippen LogP contribution in [0, 0.1) is 11.8 Å². The molecule has 0 atom stereocenters. The third-order valence-electron chi connectivity index (χ3n) is 3.85. The summed E-state index contributed by atoms with van der Waals surface area (Å²) in [5, 5.41) is 7.16. The van der Waals surface area contributed by atoms with E-state index in [1.165, 1.54) is 0 Å². The van der Waals surface area contributed by atoms with Crippen molar-refractivity contribution in [2.24, 2.45) is 24.6 Å². The Balaban J connectivity index is 1.67. The number of nitrogens with zero attached hydrogens (tertiary/aromatic N) is 3. The maximum atomic E-state index is 12.0. The highest BCUT2D eigenvalue weighted by molar-refractivity contribution is 5.78. The smallest absolute Gasteiger partial charge is 0.223 e. The van der Waals surface area contributed by atoms with E-state index in [1.54, 1.807) is 11.0 Å². The van der Waals surface area contributed by atoms with Gasteiger partial charge in [0.1, 0.15) is 6.33 Å². The topological polar surface area (TPSA) is 85.8 Å². The van der Waals surface area contributed by atoms with Crippen molar-refractivity contribution in [1.29, 1.82) is 0 Å². The fourth-order valence-corrected chi connectivity index (χ4v) is 2.60. The van der Waals surface area contributed by atoms with Gasteiger partial charge in [-0.1, -0.05) is 0 Å². The van der Waals surface area contributed by atoms with Gasteiger partial charge in [-0.15, -0.1) is 0 Å². The van der Waals surface area contributed by atoms with Crippen molar-refractivity contribution >= 4 is 5.91 Å². The number of nitrogens with one attached hydrogen (secondary N) is 1. The molecule has 1 aromatic heterocycles. The molecule has 1 fully saturated rings. The Bertz CT molecular complexity index is 409. The van der Waals surface area contributed by atoms with Crippen LogP contribution in [0.15, 0.2) is 6.33 Å². The number of hydrogen-bond donors (Lipinski definition) is 2. The van der Waals surface area contributed by atoms with E-state index >= 15 is 0 Å². The number of carbonyl (C=O) groups is 1. The molecule has 2 rings (SSSR count). The first kappa shape index (κ1) is 14.0. The highest BCUT2D eigenvalue weighted by Crippen LogP contribution is 2.27. The summed E-state index contributed by atoms with van der Waals surface area (Å²) in [5.74, 6) is 1.72. The summed E-state index contributed by atoms with van der Waals surface area (Å²) in [4.78, 5) is 16.1. The second-order valence-corrected chi connectivity index (χ2v) is 5.33. The monoisotopic (exact) mass is 265 g/mol. The number of rotatable bonds is 5. The van der Waals surface area contributed by atoms with Crippen LogP contribution in [0.25, 0.3) is 0 Å². The second-order valence-electron chi connectivity index (χ2n) is 5.33. The van der Waals surface area contributed by atoms with E-state index < -0.39 is 0 Å². The number of hydrogen-bond acceptors (Lipinski definition) is 4. The van der Waals surface area contributed by atoms with Crippen molar-refractivity contribution in [3.8, 4) is 0 Å². The molecule has 1 aliphatic carbocycles. The molecule has 3 N–H and O–H groups in total. The largest absolute Gasteiger partial charge is 0.355 e. The van der Waals surface area contributed by atoms with Crippen molar-refractivity contribution in [3.63, 3.8) is 0 Å². The Kier molecular flexibility index (Phi) is 4.90. The molecule has 0 spiro atoms. The normalized spacial score (nSPS) is 23.3. The van der Waals surface area contributed by atoms with Crippen molar-refractivity contribution < 1.29 is 4.79 Å². The molecule has 106 valence electrons. The van der Waals surface area contributed by atoms with Crippen molar-refractivity contribution in [2.45, 2.75) is 32.1 Å². The molecule has 0 aromatic carbocycles. The zero-order valence-corrected chi connectivity index (χ0v) is 11.5. The summed E-state index contributed by atoms with van der Waals surface area (Å²) < 4.78 is 1.67. The maximum absolute atomic E-state index is 12.0. The van der Waals surface area contributed by atoms with E-state index in [4.69, 9.17) is 5.73 Å². The van der Waals surface area contributed by atoms with Crippen LogP contribution in [-0.4, -0.2) is 33.8 Å². The van der Waals surface area contributed by atoms with E-state index in [-0.39, 0.29) is 11.8 Å². The zero-order chi connectivity index (χ0) is 13.7. The summed E-state index contributed by atoms with van der Waals surface area (Å²) in [7, 11) is 1.84. The van der Waals surface area contributed by atoms with Gasteiger partial charge in [0.15, 0.2) is 5.82 Å². The Morgan fingerprint density at radius 1 is 1.47 bits per heavy atom. The van der Waals surface area contributed by atoms with Crippen LogP contribution in [0.5, 0.6) is 0 Å². The van der Waals surface area contributed by atoms with Crippen molar-refractivity contribution in [2.75, 3.05) is 13.1 Å². The molecule has 1 amide bonds. The van der Waals surface area contributed by atoms with E-state index in [1.807, 2.05) is 7.05 Å². The lowest BCUT2D eigenvalue weighted by Gasteiger charge is -2.26. The number of nitrogens with two attached hydrogens (primary N) is 1. The van der Waals surface area contributed by atoms with Crippen LogP contribution in [0.1, 0.15) is 31.5 Å². The second kappa shape index (κ2) is 6.65. The Morgan fingerprint density at radius 3 is 2.79 bits per heavy atom. The third-order valence-corrected chi connectivity index (χ3v) is 3.85. The van der Waals surface area contributed by atoms with Gasteiger partial charge in [0.05, 0.1) is 0 Å². The van der Waals surface area contributed by atoms with Crippen LogP contribution in [-0.2, 0) is 18.3 Å². The van der Waals surface area contributed by atoms with Crippen molar-refractivity contribution in [1.82, 2.24) is 20.1 Å². The molecule has 0 radical (unpaired) electrons. The number of aromatic nitrogens is 3. The molecule has 0 bridgehead atoms. The zero-order valence-electron chi connectivity index (χ0n) is 11.5. The van der Waals surface area contributed by atoms with Crippen LogP contribution < -0.4 is 11.1 Å². The van der Waals surface area contributed by atoms with E-state index in [9.17, 15) is 4.79 Å². The minimum absolute atomic E-state index is 0.166. The van der Waals surface area contributed by atoms with E-state index in [0.29, 0.717) is 18.9 Å². The first-order valence-corrected chi connectivity index (χ1v) is 7.01. The van der Waals surface area contributed by atoms with Gasteiger partial charge in [-0.2, -0.15) is 5.10 Å². The molecule has 1 aromatic rings. The first-order chi connectivity index (χ1) is 9.19. The predicted molar refractivity (Wildman–Crippen MR) is 72.2 cm³/mol. The minimum Gasteiger partial charge on any atom is -0.355 e. The summed E-state index contributed by atoms with van der Waals surface area (Å²) in [6.45, 7) is 1.36. The Hall–Kier alpha value is -1.43. The van der Waals surface area contributed by atoms with E-state index in [2.05, 4.69) is 15.4 Å². The lowest BCUT2D eigenvalue weighted by Crippen LogP contribution is -2.35. The molecule has 1 saturated carbocycles. The van der Waals surface area contributed by atoms with Crippen molar-refractivity contribution in [3.05, 3.63) is 12.2 Å².